The van der Waals surface area contributed by atoms with Crippen molar-refractivity contribution in [2.24, 2.45) is 0 Å². The highest BCUT2D eigenvalue weighted by atomic mass is 35.5. The summed E-state index contributed by atoms with van der Waals surface area (Å²) < 4.78 is 10.6. The molecule has 0 aliphatic heterocycles. The van der Waals surface area contributed by atoms with Crippen molar-refractivity contribution in [1.82, 2.24) is 0 Å². The van der Waals surface area contributed by atoms with E-state index < -0.39 is 5.97 Å². The van der Waals surface area contributed by atoms with E-state index in [1.807, 2.05) is 30.3 Å². The lowest BCUT2D eigenvalue weighted by molar-refractivity contribution is -0.134. The lowest BCUT2D eigenvalue weighted by atomic mass is 10.0. The van der Waals surface area contributed by atoms with E-state index >= 15 is 0 Å². The molecule has 0 atom stereocenters. The predicted octanol–water partition coefficient (Wildman–Crippen LogP) is 4.94. The van der Waals surface area contributed by atoms with Crippen LogP contribution in [0.3, 0.4) is 0 Å². The largest absolute Gasteiger partial charge is 0.488 e. The Balaban J connectivity index is 1.92. The molecule has 0 spiro atoms. The third kappa shape index (κ3) is 4.36. The number of benzene rings is 3. The minimum atomic E-state index is -0.488. The average Bonchev–Trinajstić information content (AvgIpc) is 2.71. The first-order valence-electron chi connectivity index (χ1n) is 8.26. The summed E-state index contributed by atoms with van der Waals surface area (Å²) in [7, 11) is 1.31. The fourth-order valence-electron chi connectivity index (χ4n) is 2.75. The van der Waals surface area contributed by atoms with E-state index in [0.29, 0.717) is 21.9 Å². The highest BCUT2D eigenvalue weighted by Gasteiger charge is 2.11. The number of hydrogen-bond donors (Lipinski definition) is 0. The molecule has 5 heteroatoms. The summed E-state index contributed by atoms with van der Waals surface area (Å²) in [5, 5.41) is 2.36. The van der Waals surface area contributed by atoms with Crippen molar-refractivity contribution >= 4 is 40.2 Å². The SMILES string of the molecule is COC(=O)/C=C(/COc1ccc2ccccc2c1C=O)c1ccc(Cl)cc1. The van der Waals surface area contributed by atoms with Gasteiger partial charge in [0.1, 0.15) is 12.4 Å². The zero-order valence-corrected chi connectivity index (χ0v) is 15.4. The van der Waals surface area contributed by atoms with Gasteiger partial charge in [-0.3, -0.25) is 4.79 Å². The Morgan fingerprint density at radius 1 is 1.04 bits per heavy atom. The van der Waals surface area contributed by atoms with Gasteiger partial charge in [0.2, 0.25) is 0 Å². The third-order valence-electron chi connectivity index (χ3n) is 4.14. The molecule has 136 valence electrons. The van der Waals surface area contributed by atoms with Crippen molar-refractivity contribution in [2.45, 2.75) is 0 Å². The molecule has 0 N–H and O–H groups in total. The molecule has 0 bridgehead atoms. The van der Waals surface area contributed by atoms with E-state index in [1.54, 1.807) is 30.3 Å². The van der Waals surface area contributed by atoms with Gasteiger partial charge in [-0.05, 0) is 34.5 Å². The van der Waals surface area contributed by atoms with Gasteiger partial charge in [0.05, 0.1) is 12.7 Å². The second-order valence-corrected chi connectivity index (χ2v) is 6.24. The molecule has 0 saturated heterocycles. The third-order valence-corrected chi connectivity index (χ3v) is 4.39. The Labute approximate surface area is 162 Å². The lowest BCUT2D eigenvalue weighted by Gasteiger charge is -2.13. The zero-order valence-electron chi connectivity index (χ0n) is 14.6. The number of esters is 1. The molecule has 3 rings (SSSR count). The molecule has 3 aromatic rings. The van der Waals surface area contributed by atoms with Gasteiger partial charge in [-0.25, -0.2) is 4.79 Å². The standard InChI is InChI=1S/C22H17ClO4/c1-26-22(25)12-17(15-6-9-18(23)10-7-15)14-27-21-11-8-16-4-2-3-5-19(16)20(21)13-24/h2-13H,14H2,1H3/b17-12-. The Morgan fingerprint density at radius 3 is 2.48 bits per heavy atom. The van der Waals surface area contributed by atoms with Crippen LogP contribution in [0.4, 0.5) is 0 Å². The van der Waals surface area contributed by atoms with E-state index in [2.05, 4.69) is 0 Å². The van der Waals surface area contributed by atoms with E-state index in [9.17, 15) is 9.59 Å². The van der Waals surface area contributed by atoms with Crippen molar-refractivity contribution in [1.29, 1.82) is 0 Å². The van der Waals surface area contributed by atoms with Gasteiger partial charge in [-0.1, -0.05) is 54.1 Å². The van der Waals surface area contributed by atoms with Crippen LogP contribution < -0.4 is 4.74 Å². The monoisotopic (exact) mass is 380 g/mol. The number of halogens is 1. The summed E-state index contributed by atoms with van der Waals surface area (Å²) in [4.78, 5) is 23.4. The maximum atomic E-state index is 11.7. The van der Waals surface area contributed by atoms with Gasteiger partial charge >= 0.3 is 5.97 Å². The van der Waals surface area contributed by atoms with Gasteiger partial charge in [-0.15, -0.1) is 0 Å². The van der Waals surface area contributed by atoms with Gasteiger partial charge in [-0.2, -0.15) is 0 Å². The molecule has 0 radical (unpaired) electrons. The Morgan fingerprint density at radius 2 is 1.78 bits per heavy atom. The summed E-state index contributed by atoms with van der Waals surface area (Å²) in [6, 6.07) is 18.3. The molecule has 0 heterocycles. The number of hydrogen-bond acceptors (Lipinski definition) is 4. The minimum Gasteiger partial charge on any atom is -0.488 e. The molecule has 0 aliphatic rings. The van der Waals surface area contributed by atoms with E-state index in [1.165, 1.54) is 13.2 Å². The second kappa shape index (κ2) is 8.52. The van der Waals surface area contributed by atoms with Crippen molar-refractivity contribution in [3.8, 4) is 5.75 Å². The van der Waals surface area contributed by atoms with Crippen molar-refractivity contribution < 1.29 is 19.1 Å². The molecule has 0 aromatic heterocycles. The fraction of sp³-hybridized carbons (Fsp3) is 0.0909. The first kappa shape index (κ1) is 18.7. The molecule has 0 amide bonds. The number of carbonyl (C=O) groups excluding carboxylic acids is 2. The first-order valence-corrected chi connectivity index (χ1v) is 8.64. The smallest absolute Gasteiger partial charge is 0.330 e. The second-order valence-electron chi connectivity index (χ2n) is 5.80. The number of carbonyl (C=O) groups is 2. The summed E-state index contributed by atoms with van der Waals surface area (Å²) in [5.74, 6) is -0.0360. The molecule has 0 fully saturated rings. The summed E-state index contributed by atoms with van der Waals surface area (Å²) >= 11 is 5.94. The van der Waals surface area contributed by atoms with Crippen LogP contribution in [0.5, 0.6) is 5.75 Å². The molecular formula is C22H17ClO4. The fourth-order valence-corrected chi connectivity index (χ4v) is 2.88. The van der Waals surface area contributed by atoms with Crippen LogP contribution in [-0.4, -0.2) is 26.0 Å². The maximum absolute atomic E-state index is 11.7. The highest BCUT2D eigenvalue weighted by molar-refractivity contribution is 6.30. The number of fused-ring (bicyclic) bond motifs is 1. The van der Waals surface area contributed by atoms with Crippen molar-refractivity contribution in [3.05, 3.63) is 82.9 Å². The summed E-state index contributed by atoms with van der Waals surface area (Å²) in [5.41, 5.74) is 1.86. The van der Waals surface area contributed by atoms with Gasteiger partial charge in [0.25, 0.3) is 0 Å². The molecule has 4 nitrogen and oxygen atoms in total. The number of aldehydes is 1. The molecule has 3 aromatic carbocycles. The molecular weight excluding hydrogens is 364 g/mol. The zero-order chi connectivity index (χ0) is 19.2. The Bertz CT molecular complexity index is 1010. The van der Waals surface area contributed by atoms with Crippen LogP contribution in [0.25, 0.3) is 16.3 Å². The first-order chi connectivity index (χ1) is 13.1. The predicted molar refractivity (Wildman–Crippen MR) is 106 cm³/mol. The number of rotatable bonds is 6. The maximum Gasteiger partial charge on any atom is 0.330 e. The van der Waals surface area contributed by atoms with Crippen molar-refractivity contribution in [2.75, 3.05) is 13.7 Å². The molecule has 27 heavy (non-hydrogen) atoms. The number of ether oxygens (including phenoxy) is 2. The highest BCUT2D eigenvalue weighted by Crippen LogP contribution is 2.28. The van der Waals surface area contributed by atoms with Crippen LogP contribution in [0.1, 0.15) is 15.9 Å². The van der Waals surface area contributed by atoms with Crippen LogP contribution in [-0.2, 0) is 9.53 Å². The lowest BCUT2D eigenvalue weighted by Crippen LogP contribution is -2.06. The quantitative estimate of drug-likeness (QED) is 0.345. The van der Waals surface area contributed by atoms with Crippen LogP contribution in [0.15, 0.2) is 66.7 Å². The van der Waals surface area contributed by atoms with Gasteiger partial charge < -0.3 is 9.47 Å². The molecule has 0 unspecified atom stereocenters. The molecule has 0 saturated carbocycles. The van der Waals surface area contributed by atoms with Crippen molar-refractivity contribution in [3.63, 3.8) is 0 Å². The van der Waals surface area contributed by atoms with E-state index in [4.69, 9.17) is 21.1 Å². The van der Waals surface area contributed by atoms with Gasteiger partial charge in [0, 0.05) is 16.7 Å². The normalized spacial score (nSPS) is 11.3. The average molecular weight is 381 g/mol. The Kier molecular flexibility index (Phi) is 5.89. The van der Waals surface area contributed by atoms with Gasteiger partial charge in [0.15, 0.2) is 6.29 Å². The summed E-state index contributed by atoms with van der Waals surface area (Å²) in [6.07, 6.45) is 2.15. The van der Waals surface area contributed by atoms with E-state index in [-0.39, 0.29) is 6.61 Å². The topological polar surface area (TPSA) is 52.6 Å². The van der Waals surface area contributed by atoms with Crippen LogP contribution in [0, 0.1) is 0 Å². The van der Waals surface area contributed by atoms with Crippen LogP contribution >= 0.6 is 11.6 Å². The molecule has 0 aliphatic carbocycles. The summed E-state index contributed by atoms with van der Waals surface area (Å²) in [6.45, 7) is 0.0932. The minimum absolute atomic E-state index is 0.0932. The van der Waals surface area contributed by atoms with E-state index in [0.717, 1.165) is 22.6 Å². The Hall–Kier alpha value is -3.11. The van der Waals surface area contributed by atoms with Crippen LogP contribution in [0.2, 0.25) is 5.02 Å². The number of methoxy groups -OCH3 is 1.